The minimum atomic E-state index is -0.876. The standard InChI is InChI=1S/C14H26O3/c1-9(2)6-12(7-11(5)14(16)17)13(8-15)10(3)4/h7,9-10,12-13,15H,6,8H2,1-5H3,(H,16,17). The lowest BCUT2D eigenvalue weighted by Crippen LogP contribution is -2.24. The highest BCUT2D eigenvalue weighted by molar-refractivity contribution is 5.85. The monoisotopic (exact) mass is 242 g/mol. The average molecular weight is 242 g/mol. The van der Waals surface area contributed by atoms with E-state index in [4.69, 9.17) is 5.11 Å². The molecule has 2 N–H and O–H groups in total. The molecule has 100 valence electrons. The van der Waals surface area contributed by atoms with Gasteiger partial charge >= 0.3 is 5.97 Å². The van der Waals surface area contributed by atoms with Crippen molar-refractivity contribution in [2.24, 2.45) is 23.7 Å². The fraction of sp³-hybridized carbons (Fsp3) is 0.786. The van der Waals surface area contributed by atoms with Gasteiger partial charge in [-0.05, 0) is 37.0 Å². The van der Waals surface area contributed by atoms with Crippen molar-refractivity contribution in [3.8, 4) is 0 Å². The first-order valence-corrected chi connectivity index (χ1v) is 6.32. The number of aliphatic carboxylic acids is 1. The van der Waals surface area contributed by atoms with Gasteiger partial charge in [0.25, 0.3) is 0 Å². The molecule has 3 heteroatoms. The van der Waals surface area contributed by atoms with Crippen LogP contribution in [0.15, 0.2) is 11.6 Å². The predicted molar refractivity (Wildman–Crippen MR) is 69.8 cm³/mol. The minimum Gasteiger partial charge on any atom is -0.478 e. The van der Waals surface area contributed by atoms with Crippen LogP contribution in [-0.2, 0) is 4.79 Å². The Morgan fingerprint density at radius 3 is 2.06 bits per heavy atom. The Kier molecular flexibility index (Phi) is 7.12. The van der Waals surface area contributed by atoms with E-state index in [1.807, 2.05) is 6.08 Å². The summed E-state index contributed by atoms with van der Waals surface area (Å²) in [5, 5.41) is 18.4. The Balaban J connectivity index is 4.98. The van der Waals surface area contributed by atoms with Crippen LogP contribution in [0.25, 0.3) is 0 Å². The summed E-state index contributed by atoms with van der Waals surface area (Å²) in [5.74, 6) is 0.231. The van der Waals surface area contributed by atoms with Gasteiger partial charge in [0.15, 0.2) is 0 Å². The summed E-state index contributed by atoms with van der Waals surface area (Å²) in [7, 11) is 0. The number of aliphatic hydroxyl groups is 1. The summed E-state index contributed by atoms with van der Waals surface area (Å²) in [6.07, 6.45) is 2.72. The quantitative estimate of drug-likeness (QED) is 0.675. The van der Waals surface area contributed by atoms with E-state index in [0.717, 1.165) is 6.42 Å². The molecule has 17 heavy (non-hydrogen) atoms. The van der Waals surface area contributed by atoms with Crippen LogP contribution in [0.3, 0.4) is 0 Å². The lowest BCUT2D eigenvalue weighted by molar-refractivity contribution is -0.132. The molecule has 0 aliphatic rings. The lowest BCUT2D eigenvalue weighted by Gasteiger charge is -2.28. The van der Waals surface area contributed by atoms with Gasteiger partial charge in [-0.25, -0.2) is 4.79 Å². The van der Waals surface area contributed by atoms with Gasteiger partial charge in [0, 0.05) is 12.2 Å². The van der Waals surface area contributed by atoms with E-state index in [1.54, 1.807) is 6.92 Å². The number of carbonyl (C=O) groups is 1. The van der Waals surface area contributed by atoms with Crippen LogP contribution in [0.5, 0.6) is 0 Å². The van der Waals surface area contributed by atoms with Gasteiger partial charge in [-0.3, -0.25) is 0 Å². The number of allylic oxidation sites excluding steroid dienone is 1. The summed E-state index contributed by atoms with van der Waals surface area (Å²) in [6, 6.07) is 0. The Hall–Kier alpha value is -0.830. The molecule has 0 aromatic rings. The van der Waals surface area contributed by atoms with Gasteiger partial charge in [-0.2, -0.15) is 0 Å². The topological polar surface area (TPSA) is 57.5 Å². The Bertz CT molecular complexity index is 267. The fourth-order valence-electron chi connectivity index (χ4n) is 2.14. The molecule has 0 aliphatic carbocycles. The van der Waals surface area contributed by atoms with E-state index >= 15 is 0 Å². The molecular formula is C14H26O3. The van der Waals surface area contributed by atoms with Crippen molar-refractivity contribution in [2.45, 2.75) is 41.0 Å². The Morgan fingerprint density at radius 1 is 1.24 bits per heavy atom. The summed E-state index contributed by atoms with van der Waals surface area (Å²) in [4.78, 5) is 10.9. The third-order valence-electron chi connectivity index (χ3n) is 3.16. The molecular weight excluding hydrogens is 216 g/mol. The fourth-order valence-corrected chi connectivity index (χ4v) is 2.14. The third kappa shape index (κ3) is 5.87. The van der Waals surface area contributed by atoms with Crippen LogP contribution in [-0.4, -0.2) is 22.8 Å². The molecule has 0 radical (unpaired) electrons. The highest BCUT2D eigenvalue weighted by Crippen LogP contribution is 2.28. The zero-order chi connectivity index (χ0) is 13.6. The maximum absolute atomic E-state index is 10.9. The van der Waals surface area contributed by atoms with Crippen molar-refractivity contribution in [3.63, 3.8) is 0 Å². The molecule has 0 amide bonds. The molecule has 2 unspecified atom stereocenters. The number of aliphatic hydroxyl groups excluding tert-OH is 1. The molecule has 0 aromatic carbocycles. The van der Waals surface area contributed by atoms with Gasteiger partial charge in [0.2, 0.25) is 0 Å². The Morgan fingerprint density at radius 2 is 1.76 bits per heavy atom. The van der Waals surface area contributed by atoms with Crippen LogP contribution >= 0.6 is 0 Å². The third-order valence-corrected chi connectivity index (χ3v) is 3.16. The van der Waals surface area contributed by atoms with E-state index < -0.39 is 5.97 Å². The summed E-state index contributed by atoms with van der Waals surface area (Å²) in [6.45, 7) is 10.1. The van der Waals surface area contributed by atoms with Crippen LogP contribution in [0, 0.1) is 23.7 Å². The average Bonchev–Trinajstić information content (AvgIpc) is 2.16. The second kappa shape index (κ2) is 7.49. The molecule has 0 aliphatic heterocycles. The summed E-state index contributed by atoms with van der Waals surface area (Å²) < 4.78 is 0. The van der Waals surface area contributed by atoms with Crippen LogP contribution in [0.2, 0.25) is 0 Å². The van der Waals surface area contributed by atoms with Crippen LogP contribution in [0.4, 0.5) is 0 Å². The molecule has 0 saturated heterocycles. The van der Waals surface area contributed by atoms with Crippen molar-refractivity contribution in [3.05, 3.63) is 11.6 Å². The maximum Gasteiger partial charge on any atom is 0.330 e. The van der Waals surface area contributed by atoms with Crippen molar-refractivity contribution in [2.75, 3.05) is 6.61 Å². The molecule has 0 saturated carbocycles. The molecule has 0 heterocycles. The first-order valence-electron chi connectivity index (χ1n) is 6.32. The molecule has 0 fully saturated rings. The molecule has 0 bridgehead atoms. The number of rotatable bonds is 7. The predicted octanol–water partition coefficient (Wildman–Crippen LogP) is 2.94. The number of carboxylic acids is 1. The van der Waals surface area contributed by atoms with E-state index in [1.165, 1.54) is 0 Å². The number of hydrogen-bond acceptors (Lipinski definition) is 2. The summed E-state index contributed by atoms with van der Waals surface area (Å²) in [5.41, 5.74) is 0.370. The van der Waals surface area contributed by atoms with Crippen LogP contribution in [0.1, 0.15) is 41.0 Å². The van der Waals surface area contributed by atoms with Crippen molar-refractivity contribution in [1.29, 1.82) is 0 Å². The normalized spacial score (nSPS) is 16.4. The zero-order valence-electron chi connectivity index (χ0n) is 11.6. The maximum atomic E-state index is 10.9. The smallest absolute Gasteiger partial charge is 0.330 e. The highest BCUT2D eigenvalue weighted by Gasteiger charge is 2.23. The summed E-state index contributed by atoms with van der Waals surface area (Å²) >= 11 is 0. The molecule has 0 rings (SSSR count). The SMILES string of the molecule is CC(=CC(CC(C)C)C(CO)C(C)C)C(=O)O. The first-order chi connectivity index (χ1) is 7.79. The van der Waals surface area contributed by atoms with Crippen molar-refractivity contribution < 1.29 is 15.0 Å². The van der Waals surface area contributed by atoms with E-state index in [0.29, 0.717) is 17.4 Å². The van der Waals surface area contributed by atoms with Gasteiger partial charge < -0.3 is 10.2 Å². The lowest BCUT2D eigenvalue weighted by atomic mass is 9.78. The largest absolute Gasteiger partial charge is 0.478 e. The van der Waals surface area contributed by atoms with E-state index in [2.05, 4.69) is 27.7 Å². The van der Waals surface area contributed by atoms with E-state index in [-0.39, 0.29) is 18.4 Å². The minimum absolute atomic E-state index is 0.110. The highest BCUT2D eigenvalue weighted by atomic mass is 16.4. The second-order valence-corrected chi connectivity index (χ2v) is 5.54. The van der Waals surface area contributed by atoms with Gasteiger partial charge in [0.05, 0.1) is 0 Å². The molecule has 0 aromatic heterocycles. The molecule has 3 nitrogen and oxygen atoms in total. The van der Waals surface area contributed by atoms with Gasteiger partial charge in [-0.15, -0.1) is 0 Å². The van der Waals surface area contributed by atoms with Gasteiger partial charge in [-0.1, -0.05) is 33.8 Å². The zero-order valence-corrected chi connectivity index (χ0v) is 11.6. The van der Waals surface area contributed by atoms with Crippen LogP contribution < -0.4 is 0 Å². The first kappa shape index (κ1) is 16.2. The van der Waals surface area contributed by atoms with Crippen molar-refractivity contribution >= 4 is 5.97 Å². The number of hydrogen-bond donors (Lipinski definition) is 2. The van der Waals surface area contributed by atoms with E-state index in [9.17, 15) is 9.90 Å². The molecule has 0 spiro atoms. The second-order valence-electron chi connectivity index (χ2n) is 5.54. The van der Waals surface area contributed by atoms with Crippen molar-refractivity contribution in [1.82, 2.24) is 0 Å². The Labute approximate surface area is 105 Å². The van der Waals surface area contributed by atoms with Gasteiger partial charge in [0.1, 0.15) is 0 Å². The number of carboxylic acid groups (broad SMARTS) is 1. The molecule has 2 atom stereocenters.